The monoisotopic (exact) mass is 336 g/mol. The molecule has 22 heavy (non-hydrogen) atoms. The Morgan fingerprint density at radius 3 is 2.91 bits per heavy atom. The molecule has 1 aliphatic heterocycles. The topological polar surface area (TPSA) is 33.2 Å². The molecular weight excluding hydrogens is 319 g/mol. The smallest absolute Gasteiger partial charge is 0.265 e. The fourth-order valence-corrected chi connectivity index (χ4v) is 4.63. The van der Waals surface area contributed by atoms with Gasteiger partial charge in [-0.3, -0.25) is 4.79 Å². The predicted octanol–water partition coefficient (Wildman–Crippen LogP) is 3.91. The Kier molecular flexibility index (Phi) is 4.78. The first-order valence-corrected chi connectivity index (χ1v) is 9.15. The van der Waals surface area contributed by atoms with Crippen LogP contribution in [0.1, 0.15) is 32.6 Å². The van der Waals surface area contributed by atoms with Crippen molar-refractivity contribution in [2.45, 2.75) is 18.6 Å². The fourth-order valence-electron chi connectivity index (χ4n) is 2.61. The van der Waals surface area contributed by atoms with Crippen LogP contribution < -0.4 is 0 Å². The van der Waals surface area contributed by atoms with Crippen LogP contribution in [0.3, 0.4) is 0 Å². The number of rotatable bonds is 2. The second-order valence-electron chi connectivity index (χ2n) is 5.23. The highest BCUT2D eigenvalue weighted by Gasteiger charge is 2.25. The van der Waals surface area contributed by atoms with Crippen LogP contribution in [0.25, 0.3) is 0 Å². The van der Waals surface area contributed by atoms with E-state index in [1.807, 2.05) is 24.0 Å². The Balaban J connectivity index is 1.72. The standard InChI is InChI=1S/C16H17FN2OS2/c1-11-15(22-10-18-11)16(20)19-7-6-14(21-9-8-19)12-4-2-3-5-13(12)17/h2-5,10,14H,6-9H2,1H3. The number of aryl methyl sites for hydroxylation is 1. The molecule has 0 radical (unpaired) electrons. The molecule has 3 rings (SSSR count). The van der Waals surface area contributed by atoms with Gasteiger partial charge in [0, 0.05) is 29.7 Å². The molecule has 1 atom stereocenters. The number of benzene rings is 1. The zero-order valence-electron chi connectivity index (χ0n) is 12.3. The van der Waals surface area contributed by atoms with Crippen LogP contribution in [0.15, 0.2) is 29.8 Å². The molecule has 1 aromatic heterocycles. The number of thioether (sulfide) groups is 1. The average Bonchev–Trinajstić information content (AvgIpc) is 2.80. The molecule has 0 aliphatic carbocycles. The number of nitrogens with zero attached hydrogens (tertiary/aromatic N) is 2. The van der Waals surface area contributed by atoms with Gasteiger partial charge in [-0.05, 0) is 19.4 Å². The van der Waals surface area contributed by atoms with Crippen molar-refractivity contribution in [2.24, 2.45) is 0 Å². The highest BCUT2D eigenvalue weighted by Crippen LogP contribution is 2.36. The molecule has 0 bridgehead atoms. The highest BCUT2D eigenvalue weighted by atomic mass is 32.2. The van der Waals surface area contributed by atoms with Crippen LogP contribution in [-0.2, 0) is 0 Å². The number of thiazole rings is 1. The summed E-state index contributed by atoms with van der Waals surface area (Å²) in [6.07, 6.45) is 0.773. The van der Waals surface area contributed by atoms with Crippen molar-refractivity contribution >= 4 is 29.0 Å². The third-order valence-electron chi connectivity index (χ3n) is 3.82. The summed E-state index contributed by atoms with van der Waals surface area (Å²) in [6, 6.07) is 6.93. The zero-order valence-corrected chi connectivity index (χ0v) is 13.9. The molecule has 6 heteroatoms. The lowest BCUT2D eigenvalue weighted by molar-refractivity contribution is 0.0770. The molecule has 1 fully saturated rings. The summed E-state index contributed by atoms with van der Waals surface area (Å²) in [5, 5.41) is 0.113. The summed E-state index contributed by atoms with van der Waals surface area (Å²) in [5.74, 6) is 0.718. The first-order chi connectivity index (χ1) is 10.7. The second kappa shape index (κ2) is 6.79. The maximum absolute atomic E-state index is 13.9. The summed E-state index contributed by atoms with van der Waals surface area (Å²) < 4.78 is 13.9. The van der Waals surface area contributed by atoms with Crippen LogP contribution in [0.5, 0.6) is 0 Å². The van der Waals surface area contributed by atoms with Gasteiger partial charge in [0.15, 0.2) is 0 Å². The first-order valence-electron chi connectivity index (χ1n) is 7.22. The average molecular weight is 336 g/mol. The summed E-state index contributed by atoms with van der Waals surface area (Å²) in [4.78, 5) is 19.3. The quantitative estimate of drug-likeness (QED) is 0.833. The van der Waals surface area contributed by atoms with Crippen molar-refractivity contribution in [1.82, 2.24) is 9.88 Å². The molecule has 1 aliphatic rings. The van der Waals surface area contributed by atoms with Gasteiger partial charge in [-0.25, -0.2) is 9.37 Å². The van der Waals surface area contributed by atoms with E-state index in [2.05, 4.69) is 4.98 Å². The van der Waals surface area contributed by atoms with E-state index < -0.39 is 0 Å². The molecule has 1 unspecified atom stereocenters. The number of hydrogen-bond acceptors (Lipinski definition) is 4. The summed E-state index contributed by atoms with van der Waals surface area (Å²) in [5.41, 5.74) is 3.24. The minimum atomic E-state index is -0.155. The van der Waals surface area contributed by atoms with E-state index in [4.69, 9.17) is 0 Å². The van der Waals surface area contributed by atoms with Gasteiger partial charge in [-0.15, -0.1) is 11.3 Å². The summed E-state index contributed by atoms with van der Waals surface area (Å²) in [6.45, 7) is 3.21. The second-order valence-corrected chi connectivity index (χ2v) is 7.39. The fraction of sp³-hybridized carbons (Fsp3) is 0.375. The van der Waals surface area contributed by atoms with E-state index in [-0.39, 0.29) is 17.0 Å². The first kappa shape index (κ1) is 15.5. The lowest BCUT2D eigenvalue weighted by Gasteiger charge is -2.20. The van der Waals surface area contributed by atoms with E-state index >= 15 is 0 Å². The molecule has 1 amide bonds. The van der Waals surface area contributed by atoms with E-state index in [0.717, 1.165) is 23.4 Å². The van der Waals surface area contributed by atoms with Crippen molar-refractivity contribution in [3.63, 3.8) is 0 Å². The van der Waals surface area contributed by atoms with Gasteiger partial charge in [0.1, 0.15) is 10.7 Å². The number of carbonyl (C=O) groups excluding carboxylic acids is 1. The van der Waals surface area contributed by atoms with E-state index in [1.165, 1.54) is 17.4 Å². The van der Waals surface area contributed by atoms with Gasteiger partial charge in [0.25, 0.3) is 5.91 Å². The highest BCUT2D eigenvalue weighted by molar-refractivity contribution is 7.99. The lowest BCUT2D eigenvalue weighted by atomic mass is 10.1. The molecule has 116 valence electrons. The molecule has 2 aromatic rings. The van der Waals surface area contributed by atoms with Crippen molar-refractivity contribution in [3.05, 3.63) is 51.7 Å². The Hall–Kier alpha value is -1.40. The lowest BCUT2D eigenvalue weighted by Crippen LogP contribution is -2.32. The van der Waals surface area contributed by atoms with Crippen LogP contribution in [0.2, 0.25) is 0 Å². The van der Waals surface area contributed by atoms with Gasteiger partial charge in [-0.1, -0.05) is 18.2 Å². The van der Waals surface area contributed by atoms with E-state index in [9.17, 15) is 9.18 Å². The van der Waals surface area contributed by atoms with Crippen LogP contribution in [-0.4, -0.2) is 34.6 Å². The van der Waals surface area contributed by atoms with E-state index in [0.29, 0.717) is 18.0 Å². The van der Waals surface area contributed by atoms with Gasteiger partial charge in [0.2, 0.25) is 0 Å². The molecule has 0 spiro atoms. The van der Waals surface area contributed by atoms with Crippen molar-refractivity contribution in [3.8, 4) is 0 Å². The van der Waals surface area contributed by atoms with Crippen LogP contribution in [0.4, 0.5) is 4.39 Å². The van der Waals surface area contributed by atoms with Gasteiger partial charge in [-0.2, -0.15) is 11.8 Å². The minimum absolute atomic E-state index is 0.0507. The number of aromatic nitrogens is 1. The van der Waals surface area contributed by atoms with E-state index in [1.54, 1.807) is 23.3 Å². The third kappa shape index (κ3) is 3.17. The zero-order chi connectivity index (χ0) is 15.5. The molecule has 3 nitrogen and oxygen atoms in total. The van der Waals surface area contributed by atoms with Gasteiger partial charge < -0.3 is 4.90 Å². The number of halogens is 1. The maximum Gasteiger partial charge on any atom is 0.265 e. The maximum atomic E-state index is 13.9. The number of carbonyl (C=O) groups is 1. The molecule has 2 heterocycles. The van der Waals surface area contributed by atoms with Crippen LogP contribution in [0, 0.1) is 12.7 Å². The molecule has 1 aromatic carbocycles. The SMILES string of the molecule is Cc1ncsc1C(=O)N1CCSC(c2ccccc2F)CC1. The summed E-state index contributed by atoms with van der Waals surface area (Å²) in [7, 11) is 0. The Morgan fingerprint density at radius 1 is 1.36 bits per heavy atom. The third-order valence-corrected chi connectivity index (χ3v) is 6.05. The largest absolute Gasteiger partial charge is 0.337 e. The Bertz CT molecular complexity index is 674. The van der Waals surface area contributed by atoms with Crippen LogP contribution >= 0.6 is 23.1 Å². The number of amides is 1. The minimum Gasteiger partial charge on any atom is -0.337 e. The predicted molar refractivity (Wildman–Crippen MR) is 89.0 cm³/mol. The Labute approximate surface area is 137 Å². The van der Waals surface area contributed by atoms with Crippen molar-refractivity contribution in [1.29, 1.82) is 0 Å². The number of hydrogen-bond donors (Lipinski definition) is 0. The Morgan fingerprint density at radius 2 is 2.18 bits per heavy atom. The molecule has 1 saturated heterocycles. The van der Waals surface area contributed by atoms with Crippen molar-refractivity contribution in [2.75, 3.05) is 18.8 Å². The van der Waals surface area contributed by atoms with Gasteiger partial charge >= 0.3 is 0 Å². The molecular formula is C16H17FN2OS2. The molecule has 0 saturated carbocycles. The molecule has 0 N–H and O–H groups in total. The van der Waals surface area contributed by atoms with Gasteiger partial charge in [0.05, 0.1) is 11.2 Å². The van der Waals surface area contributed by atoms with Crippen molar-refractivity contribution < 1.29 is 9.18 Å². The summed E-state index contributed by atoms with van der Waals surface area (Å²) >= 11 is 3.12. The normalized spacial score (nSPS) is 19.0.